The van der Waals surface area contributed by atoms with Gasteiger partial charge in [-0.25, -0.2) is 12.8 Å². The van der Waals surface area contributed by atoms with Crippen LogP contribution in [0.5, 0.6) is 0 Å². The van der Waals surface area contributed by atoms with Crippen molar-refractivity contribution in [2.75, 3.05) is 26.2 Å². The van der Waals surface area contributed by atoms with E-state index in [1.54, 1.807) is 0 Å². The first kappa shape index (κ1) is 15.7. The molecule has 2 saturated heterocycles. The molecule has 0 aliphatic carbocycles. The molecule has 2 atom stereocenters. The smallest absolute Gasteiger partial charge is 0.316 e. The topological polar surface area (TPSA) is 49.4 Å². The predicted molar refractivity (Wildman–Crippen MR) is 70.0 cm³/mol. The van der Waals surface area contributed by atoms with Crippen LogP contribution in [0, 0.1) is 17.7 Å². The first-order valence-electron chi connectivity index (χ1n) is 6.77. The molecule has 9 heteroatoms. The molecule has 0 bridgehead atoms. The maximum Gasteiger partial charge on any atom is 0.416 e. The van der Waals surface area contributed by atoms with Gasteiger partial charge in [0.15, 0.2) is 0 Å². The van der Waals surface area contributed by atoms with Crippen LogP contribution in [0.2, 0.25) is 0 Å². The zero-order valence-electron chi connectivity index (χ0n) is 11.4. The lowest BCUT2D eigenvalue weighted by atomic mass is 10.0. The maximum absolute atomic E-state index is 13.8. The Bertz CT molecular complexity index is 678. The second-order valence-electron chi connectivity index (χ2n) is 5.64. The third-order valence-electron chi connectivity index (χ3n) is 4.23. The SMILES string of the molecule is O=S(=O)(c1cc(C(F)(F)F)ccc1F)N1C[C@H]2CNC[C@H]2C1. The number of sulfonamides is 1. The van der Waals surface area contributed by atoms with E-state index < -0.39 is 32.5 Å². The largest absolute Gasteiger partial charge is 0.416 e. The number of hydrogen-bond acceptors (Lipinski definition) is 3. The number of halogens is 4. The number of benzene rings is 1. The molecular formula is C13H14F4N2O2S. The van der Waals surface area contributed by atoms with Crippen molar-refractivity contribution in [3.05, 3.63) is 29.6 Å². The highest BCUT2D eigenvalue weighted by molar-refractivity contribution is 7.89. The molecule has 2 fully saturated rings. The standard InChI is InChI=1S/C13H14F4N2O2S/c14-11-2-1-10(13(15,16)17)3-12(11)22(20,21)19-6-8-4-18-5-9(8)7-19/h1-3,8-9,18H,4-7H2/t8-,9+. The molecule has 1 aromatic carbocycles. The highest BCUT2D eigenvalue weighted by atomic mass is 32.2. The van der Waals surface area contributed by atoms with Crippen molar-refractivity contribution in [1.29, 1.82) is 0 Å². The van der Waals surface area contributed by atoms with E-state index in [1.807, 2.05) is 0 Å². The van der Waals surface area contributed by atoms with Gasteiger partial charge in [0.05, 0.1) is 5.56 Å². The molecule has 0 amide bonds. The van der Waals surface area contributed by atoms with E-state index >= 15 is 0 Å². The minimum Gasteiger partial charge on any atom is -0.316 e. The summed E-state index contributed by atoms with van der Waals surface area (Å²) in [5.41, 5.74) is -1.17. The van der Waals surface area contributed by atoms with Crippen LogP contribution in [-0.2, 0) is 16.2 Å². The molecule has 2 aliphatic rings. The zero-order chi connectivity index (χ0) is 16.1. The first-order chi connectivity index (χ1) is 10.2. The van der Waals surface area contributed by atoms with Crippen molar-refractivity contribution in [3.63, 3.8) is 0 Å². The van der Waals surface area contributed by atoms with Gasteiger partial charge in [0.1, 0.15) is 10.7 Å². The second kappa shape index (κ2) is 5.17. The summed E-state index contributed by atoms with van der Waals surface area (Å²) in [6.45, 7) is 1.74. The van der Waals surface area contributed by atoms with Crippen molar-refractivity contribution >= 4 is 10.0 Å². The highest BCUT2D eigenvalue weighted by Gasteiger charge is 2.43. The van der Waals surface area contributed by atoms with E-state index in [0.717, 1.165) is 4.31 Å². The van der Waals surface area contributed by atoms with Crippen molar-refractivity contribution in [2.45, 2.75) is 11.1 Å². The van der Waals surface area contributed by atoms with E-state index in [9.17, 15) is 26.0 Å². The van der Waals surface area contributed by atoms with Gasteiger partial charge < -0.3 is 5.32 Å². The Morgan fingerprint density at radius 2 is 1.73 bits per heavy atom. The summed E-state index contributed by atoms with van der Waals surface area (Å²) >= 11 is 0. The third kappa shape index (κ3) is 2.61. The van der Waals surface area contributed by atoms with Crippen molar-refractivity contribution in [1.82, 2.24) is 9.62 Å². The molecule has 0 spiro atoms. The fraction of sp³-hybridized carbons (Fsp3) is 0.538. The Kier molecular flexibility index (Phi) is 3.69. The summed E-state index contributed by atoms with van der Waals surface area (Å²) < 4.78 is 78.0. The summed E-state index contributed by atoms with van der Waals surface area (Å²) in [7, 11) is -4.26. The lowest BCUT2D eigenvalue weighted by Crippen LogP contribution is -2.32. The summed E-state index contributed by atoms with van der Waals surface area (Å²) in [5, 5.41) is 3.13. The molecular weight excluding hydrogens is 324 g/mol. The Hall–Kier alpha value is -1.19. The van der Waals surface area contributed by atoms with Crippen LogP contribution in [0.1, 0.15) is 5.56 Å². The number of hydrogen-bond donors (Lipinski definition) is 1. The summed E-state index contributed by atoms with van der Waals surface area (Å²) in [6, 6.07) is 1.46. The molecule has 0 unspecified atom stereocenters. The van der Waals surface area contributed by atoms with Gasteiger partial charge in [0.25, 0.3) is 0 Å². The Morgan fingerprint density at radius 3 is 2.27 bits per heavy atom. The number of nitrogens with one attached hydrogen (secondary N) is 1. The first-order valence-corrected chi connectivity index (χ1v) is 8.21. The second-order valence-corrected chi connectivity index (χ2v) is 7.55. The maximum atomic E-state index is 13.8. The molecule has 1 aromatic rings. The zero-order valence-corrected chi connectivity index (χ0v) is 12.2. The van der Waals surface area contributed by atoms with E-state index in [2.05, 4.69) is 5.32 Å². The van der Waals surface area contributed by atoms with Gasteiger partial charge in [-0.1, -0.05) is 0 Å². The van der Waals surface area contributed by atoms with Crippen LogP contribution in [0.4, 0.5) is 17.6 Å². The van der Waals surface area contributed by atoms with Crippen molar-refractivity contribution in [2.24, 2.45) is 11.8 Å². The molecule has 2 aliphatic heterocycles. The van der Waals surface area contributed by atoms with Gasteiger partial charge >= 0.3 is 6.18 Å². The molecule has 0 saturated carbocycles. The van der Waals surface area contributed by atoms with Crippen LogP contribution < -0.4 is 5.32 Å². The van der Waals surface area contributed by atoms with E-state index in [-0.39, 0.29) is 24.9 Å². The van der Waals surface area contributed by atoms with Gasteiger partial charge in [-0.2, -0.15) is 17.5 Å². The van der Waals surface area contributed by atoms with Crippen molar-refractivity contribution in [3.8, 4) is 0 Å². The number of fused-ring (bicyclic) bond motifs is 1. The van der Waals surface area contributed by atoms with E-state index in [1.165, 1.54) is 0 Å². The van der Waals surface area contributed by atoms with E-state index in [4.69, 9.17) is 0 Å². The number of alkyl halides is 3. The van der Waals surface area contributed by atoms with Gasteiger partial charge in [0.2, 0.25) is 10.0 Å². The van der Waals surface area contributed by atoms with Crippen LogP contribution in [0.3, 0.4) is 0 Å². The number of rotatable bonds is 2. The molecule has 22 heavy (non-hydrogen) atoms. The lowest BCUT2D eigenvalue weighted by molar-refractivity contribution is -0.137. The highest BCUT2D eigenvalue weighted by Crippen LogP contribution is 2.35. The molecule has 2 heterocycles. The van der Waals surface area contributed by atoms with Crippen molar-refractivity contribution < 1.29 is 26.0 Å². The summed E-state index contributed by atoms with van der Waals surface area (Å²) in [5.74, 6) is -0.907. The molecule has 1 N–H and O–H groups in total. The van der Waals surface area contributed by atoms with E-state index in [0.29, 0.717) is 31.3 Å². The fourth-order valence-corrected chi connectivity index (χ4v) is 4.67. The number of nitrogens with zero attached hydrogens (tertiary/aromatic N) is 1. The Labute approximate surface area is 125 Å². The average Bonchev–Trinajstić information content (AvgIpc) is 2.98. The quantitative estimate of drug-likeness (QED) is 0.835. The molecule has 3 rings (SSSR count). The average molecular weight is 338 g/mol. The van der Waals surface area contributed by atoms with Gasteiger partial charge in [-0.3, -0.25) is 0 Å². The Morgan fingerprint density at radius 1 is 1.14 bits per heavy atom. The van der Waals surface area contributed by atoms with Crippen LogP contribution >= 0.6 is 0 Å². The Balaban J connectivity index is 1.96. The molecule has 0 radical (unpaired) electrons. The van der Waals surface area contributed by atoms with Gasteiger partial charge in [-0.05, 0) is 43.1 Å². The monoisotopic (exact) mass is 338 g/mol. The fourth-order valence-electron chi connectivity index (χ4n) is 3.03. The van der Waals surface area contributed by atoms with Crippen LogP contribution in [0.15, 0.2) is 23.1 Å². The lowest BCUT2D eigenvalue weighted by Gasteiger charge is -2.18. The predicted octanol–water partition coefficient (Wildman–Crippen LogP) is 1.68. The normalized spacial score (nSPS) is 26.4. The molecule has 0 aromatic heterocycles. The van der Waals surface area contributed by atoms with Gasteiger partial charge in [-0.15, -0.1) is 0 Å². The minimum atomic E-state index is -4.72. The molecule has 4 nitrogen and oxygen atoms in total. The molecule has 122 valence electrons. The third-order valence-corrected chi connectivity index (χ3v) is 6.08. The van der Waals surface area contributed by atoms with Crippen LogP contribution in [-0.4, -0.2) is 38.9 Å². The minimum absolute atomic E-state index is 0.128. The summed E-state index contributed by atoms with van der Waals surface area (Å²) in [4.78, 5) is -0.907. The van der Waals surface area contributed by atoms with Crippen LogP contribution in [0.25, 0.3) is 0 Å². The van der Waals surface area contributed by atoms with Gasteiger partial charge in [0, 0.05) is 13.1 Å². The summed E-state index contributed by atoms with van der Waals surface area (Å²) in [6.07, 6.45) is -4.72.